The number of rotatable bonds is 6. The summed E-state index contributed by atoms with van der Waals surface area (Å²) in [4.78, 5) is 14.1. The molecule has 0 bridgehead atoms. The highest BCUT2D eigenvalue weighted by molar-refractivity contribution is 5.57. The maximum Gasteiger partial charge on any atom is 0.137 e. The molecule has 4 heteroatoms. The second-order valence-corrected chi connectivity index (χ2v) is 11.4. The Morgan fingerprint density at radius 2 is 1.24 bits per heavy atom. The maximum atomic E-state index is 5.13. The molecule has 1 aliphatic rings. The Kier molecular flexibility index (Phi) is 7.32. The SMILES string of the molecule is Cc1ccc(-c2nc(C(C)(C)C)c(C(C)N3CCN(C(c4ccccc4)c4ccccc4)CC3)[nH]2)cc1. The highest BCUT2D eigenvalue weighted by atomic mass is 15.3. The summed E-state index contributed by atoms with van der Waals surface area (Å²) >= 11 is 0. The van der Waals surface area contributed by atoms with Crippen LogP contribution in [0.5, 0.6) is 0 Å². The van der Waals surface area contributed by atoms with Crippen LogP contribution in [0.25, 0.3) is 11.4 Å². The Labute approximate surface area is 222 Å². The highest BCUT2D eigenvalue weighted by Gasteiger charge is 2.32. The molecule has 0 saturated carbocycles. The molecule has 192 valence electrons. The zero-order chi connectivity index (χ0) is 26.0. The van der Waals surface area contributed by atoms with Gasteiger partial charge in [-0.3, -0.25) is 9.80 Å². The van der Waals surface area contributed by atoms with Crippen LogP contribution in [0.1, 0.15) is 67.9 Å². The van der Waals surface area contributed by atoms with Crippen LogP contribution < -0.4 is 0 Å². The number of aromatic nitrogens is 2. The largest absolute Gasteiger partial charge is 0.340 e. The van der Waals surface area contributed by atoms with Crippen molar-refractivity contribution in [2.45, 2.75) is 52.1 Å². The van der Waals surface area contributed by atoms with Crippen LogP contribution in [-0.2, 0) is 5.41 Å². The van der Waals surface area contributed by atoms with E-state index < -0.39 is 0 Å². The minimum atomic E-state index is -0.0312. The molecule has 0 spiro atoms. The van der Waals surface area contributed by atoms with E-state index in [2.05, 4.69) is 134 Å². The van der Waals surface area contributed by atoms with E-state index in [1.165, 1.54) is 28.1 Å². The van der Waals surface area contributed by atoms with E-state index in [4.69, 9.17) is 4.98 Å². The van der Waals surface area contributed by atoms with Crippen LogP contribution in [0.2, 0.25) is 0 Å². The van der Waals surface area contributed by atoms with E-state index in [0.29, 0.717) is 0 Å². The zero-order valence-electron chi connectivity index (χ0n) is 22.9. The number of piperazine rings is 1. The van der Waals surface area contributed by atoms with Crippen LogP contribution in [0.15, 0.2) is 84.9 Å². The predicted molar refractivity (Wildman–Crippen MR) is 154 cm³/mol. The summed E-state index contributed by atoms with van der Waals surface area (Å²) in [5.74, 6) is 0.971. The van der Waals surface area contributed by atoms with Gasteiger partial charge in [0.15, 0.2) is 0 Å². The van der Waals surface area contributed by atoms with E-state index in [1.54, 1.807) is 0 Å². The van der Waals surface area contributed by atoms with Gasteiger partial charge in [0, 0.05) is 43.2 Å². The van der Waals surface area contributed by atoms with Gasteiger partial charge in [-0.05, 0) is 25.0 Å². The molecule has 37 heavy (non-hydrogen) atoms. The van der Waals surface area contributed by atoms with Crippen LogP contribution in [0.3, 0.4) is 0 Å². The topological polar surface area (TPSA) is 35.2 Å². The van der Waals surface area contributed by atoms with Gasteiger partial charge in [-0.25, -0.2) is 4.98 Å². The summed E-state index contributed by atoms with van der Waals surface area (Å²) in [7, 11) is 0. The smallest absolute Gasteiger partial charge is 0.137 e. The monoisotopic (exact) mass is 492 g/mol. The molecule has 4 aromatic rings. The van der Waals surface area contributed by atoms with Crippen LogP contribution in [0.4, 0.5) is 0 Å². The second-order valence-electron chi connectivity index (χ2n) is 11.4. The van der Waals surface area contributed by atoms with Crippen molar-refractivity contribution in [1.82, 2.24) is 19.8 Å². The molecule has 5 rings (SSSR count). The number of imidazole rings is 1. The van der Waals surface area contributed by atoms with Crippen molar-refractivity contribution in [2.24, 2.45) is 0 Å². The van der Waals surface area contributed by atoms with E-state index in [1.807, 2.05) is 0 Å². The van der Waals surface area contributed by atoms with Gasteiger partial charge in [0.2, 0.25) is 0 Å². The first-order valence-electron chi connectivity index (χ1n) is 13.6. The zero-order valence-corrected chi connectivity index (χ0v) is 22.9. The van der Waals surface area contributed by atoms with Crippen molar-refractivity contribution in [1.29, 1.82) is 0 Å². The lowest BCUT2D eigenvalue weighted by molar-refractivity contribution is 0.0822. The normalized spacial score (nSPS) is 16.3. The van der Waals surface area contributed by atoms with E-state index in [9.17, 15) is 0 Å². The molecule has 1 N–H and O–H groups in total. The number of aryl methyl sites for hydroxylation is 1. The van der Waals surface area contributed by atoms with Gasteiger partial charge >= 0.3 is 0 Å². The fourth-order valence-electron chi connectivity index (χ4n) is 5.56. The van der Waals surface area contributed by atoms with Gasteiger partial charge in [-0.15, -0.1) is 0 Å². The number of nitrogens with one attached hydrogen (secondary N) is 1. The summed E-state index contributed by atoms with van der Waals surface area (Å²) < 4.78 is 0. The average Bonchev–Trinajstić information content (AvgIpc) is 3.37. The van der Waals surface area contributed by atoms with Gasteiger partial charge in [0.05, 0.1) is 17.4 Å². The van der Waals surface area contributed by atoms with E-state index >= 15 is 0 Å². The lowest BCUT2D eigenvalue weighted by Gasteiger charge is -2.42. The number of hydrogen-bond donors (Lipinski definition) is 1. The van der Waals surface area contributed by atoms with Gasteiger partial charge in [-0.2, -0.15) is 0 Å². The molecule has 1 aromatic heterocycles. The molecule has 1 aliphatic heterocycles. The number of hydrogen-bond acceptors (Lipinski definition) is 3. The van der Waals surface area contributed by atoms with Crippen molar-refractivity contribution >= 4 is 0 Å². The number of aromatic amines is 1. The number of nitrogens with zero attached hydrogens (tertiary/aromatic N) is 3. The van der Waals surface area contributed by atoms with Crippen molar-refractivity contribution in [3.63, 3.8) is 0 Å². The Morgan fingerprint density at radius 1 is 0.730 bits per heavy atom. The molecule has 1 saturated heterocycles. The number of benzene rings is 3. The Hall–Kier alpha value is -3.21. The third-order valence-electron chi connectivity index (χ3n) is 7.68. The molecule has 0 radical (unpaired) electrons. The maximum absolute atomic E-state index is 5.13. The fourth-order valence-corrected chi connectivity index (χ4v) is 5.56. The van der Waals surface area contributed by atoms with Crippen molar-refractivity contribution in [3.8, 4) is 11.4 Å². The minimum absolute atomic E-state index is 0.0312. The molecule has 2 heterocycles. The van der Waals surface area contributed by atoms with Gasteiger partial charge in [-0.1, -0.05) is 111 Å². The lowest BCUT2D eigenvalue weighted by Crippen LogP contribution is -2.48. The fraction of sp³-hybridized carbons (Fsp3) is 0.364. The van der Waals surface area contributed by atoms with E-state index in [-0.39, 0.29) is 17.5 Å². The molecule has 0 amide bonds. The molecule has 3 aromatic carbocycles. The minimum Gasteiger partial charge on any atom is -0.340 e. The Balaban J connectivity index is 1.37. The van der Waals surface area contributed by atoms with Crippen molar-refractivity contribution in [2.75, 3.05) is 26.2 Å². The third-order valence-corrected chi connectivity index (χ3v) is 7.68. The summed E-state index contributed by atoms with van der Waals surface area (Å²) in [5, 5.41) is 0. The first-order valence-corrected chi connectivity index (χ1v) is 13.6. The Morgan fingerprint density at radius 3 is 1.76 bits per heavy atom. The summed E-state index contributed by atoms with van der Waals surface area (Å²) in [5.41, 5.74) is 7.53. The molecule has 1 atom stereocenters. The van der Waals surface area contributed by atoms with Crippen LogP contribution in [0, 0.1) is 6.92 Å². The summed E-state index contributed by atoms with van der Waals surface area (Å²) in [6.07, 6.45) is 0. The molecule has 4 nitrogen and oxygen atoms in total. The molecule has 0 aliphatic carbocycles. The average molecular weight is 493 g/mol. The summed E-state index contributed by atoms with van der Waals surface area (Å²) in [6.45, 7) is 15.4. The molecule has 1 fully saturated rings. The number of H-pyrrole nitrogens is 1. The predicted octanol–water partition coefficient (Wildman–Crippen LogP) is 7.15. The first-order chi connectivity index (χ1) is 17.8. The standard InChI is InChI=1S/C33H40N4/c1-24-16-18-28(19-17-24)32-34-29(31(35-32)33(3,4)5)25(2)36-20-22-37(23-21-36)30(26-12-8-6-9-13-26)27-14-10-7-11-15-27/h6-19,25,30H,20-23H2,1-5H3,(H,34,35). The molecular weight excluding hydrogens is 452 g/mol. The van der Waals surface area contributed by atoms with Gasteiger partial charge in [0.1, 0.15) is 5.82 Å². The quantitative estimate of drug-likeness (QED) is 0.310. The van der Waals surface area contributed by atoms with Gasteiger partial charge < -0.3 is 4.98 Å². The third kappa shape index (κ3) is 5.56. The van der Waals surface area contributed by atoms with E-state index in [0.717, 1.165) is 37.6 Å². The highest BCUT2D eigenvalue weighted by Crippen LogP contribution is 2.35. The van der Waals surface area contributed by atoms with Crippen LogP contribution in [-0.4, -0.2) is 45.9 Å². The van der Waals surface area contributed by atoms with Gasteiger partial charge in [0.25, 0.3) is 0 Å². The molecular formula is C33H40N4. The lowest BCUT2D eigenvalue weighted by atomic mass is 9.89. The van der Waals surface area contributed by atoms with Crippen LogP contribution >= 0.6 is 0 Å². The van der Waals surface area contributed by atoms with Crippen molar-refractivity contribution in [3.05, 3.63) is 113 Å². The Bertz CT molecular complexity index is 1240. The summed E-state index contributed by atoms with van der Waals surface area (Å²) in [6, 6.07) is 31.1. The van der Waals surface area contributed by atoms with Crippen molar-refractivity contribution < 1.29 is 0 Å². The molecule has 1 unspecified atom stereocenters. The second kappa shape index (κ2) is 10.6. The first kappa shape index (κ1) is 25.4.